The molecular weight excluding hydrogens is 406 g/mol. The molecule has 32 heavy (non-hydrogen) atoms. The van der Waals surface area contributed by atoms with E-state index >= 15 is 0 Å². The van der Waals surface area contributed by atoms with Gasteiger partial charge in [0.25, 0.3) is 11.8 Å². The number of nitrogens with one attached hydrogen (secondary N) is 2. The molecule has 2 aromatic rings. The van der Waals surface area contributed by atoms with E-state index in [4.69, 9.17) is 0 Å². The van der Waals surface area contributed by atoms with Gasteiger partial charge in [-0.3, -0.25) is 24.0 Å². The van der Waals surface area contributed by atoms with Crippen molar-refractivity contribution in [3.05, 3.63) is 59.6 Å². The van der Waals surface area contributed by atoms with Crippen LogP contribution in [0.15, 0.2) is 42.9 Å². The molecule has 2 N–H and O–H groups in total. The maximum absolute atomic E-state index is 13.2. The zero-order valence-corrected chi connectivity index (χ0v) is 18.0. The average Bonchev–Trinajstić information content (AvgIpc) is 3.37. The highest BCUT2D eigenvalue weighted by molar-refractivity contribution is 6.25. The van der Waals surface area contributed by atoms with Crippen molar-refractivity contribution in [3.63, 3.8) is 0 Å². The molecule has 3 aliphatic rings. The Morgan fingerprint density at radius 2 is 1.91 bits per heavy atom. The van der Waals surface area contributed by atoms with Gasteiger partial charge in [-0.15, -0.1) is 0 Å². The van der Waals surface area contributed by atoms with Crippen LogP contribution in [0, 0.1) is 0 Å². The second-order valence-corrected chi connectivity index (χ2v) is 8.83. The summed E-state index contributed by atoms with van der Waals surface area (Å²) in [6.07, 6.45) is 11.0. The van der Waals surface area contributed by atoms with Crippen LogP contribution in [0.25, 0.3) is 0 Å². The van der Waals surface area contributed by atoms with Gasteiger partial charge in [0.15, 0.2) is 0 Å². The van der Waals surface area contributed by atoms with E-state index in [2.05, 4.69) is 33.2 Å². The fourth-order valence-corrected chi connectivity index (χ4v) is 4.95. The number of hydrogen-bond acceptors (Lipinski definition) is 5. The summed E-state index contributed by atoms with van der Waals surface area (Å²) in [6, 6.07) is 4.84. The Morgan fingerprint density at radius 3 is 2.69 bits per heavy atom. The van der Waals surface area contributed by atoms with Gasteiger partial charge >= 0.3 is 0 Å². The van der Waals surface area contributed by atoms with Gasteiger partial charge in [0, 0.05) is 29.7 Å². The molecule has 166 valence electrons. The number of allylic oxidation sites excluding steroid dienone is 1. The maximum Gasteiger partial charge on any atom is 0.264 e. The summed E-state index contributed by atoms with van der Waals surface area (Å²) < 4.78 is 2.05. The summed E-state index contributed by atoms with van der Waals surface area (Å²) in [5.41, 5.74) is 2.88. The van der Waals surface area contributed by atoms with Crippen molar-refractivity contribution in [1.82, 2.24) is 20.0 Å². The molecule has 8 nitrogen and oxygen atoms in total. The highest BCUT2D eigenvalue weighted by atomic mass is 16.2. The van der Waals surface area contributed by atoms with E-state index in [1.165, 1.54) is 19.3 Å². The summed E-state index contributed by atoms with van der Waals surface area (Å²) in [6.45, 7) is 4.26. The molecule has 2 fully saturated rings. The number of nitrogens with zero attached hydrogens (tertiary/aromatic N) is 3. The fraction of sp³-hybridized carbons (Fsp3) is 0.417. The second kappa shape index (κ2) is 8.26. The topological polar surface area (TPSA) is 96.3 Å². The molecule has 3 heterocycles. The molecule has 1 aromatic carbocycles. The molecule has 1 saturated carbocycles. The van der Waals surface area contributed by atoms with Crippen LogP contribution in [0.5, 0.6) is 0 Å². The highest BCUT2D eigenvalue weighted by Crippen LogP contribution is 2.33. The van der Waals surface area contributed by atoms with E-state index in [0.29, 0.717) is 47.9 Å². The van der Waals surface area contributed by atoms with Crippen molar-refractivity contribution in [2.75, 3.05) is 5.32 Å². The van der Waals surface area contributed by atoms with Crippen LogP contribution in [0.3, 0.4) is 0 Å². The summed E-state index contributed by atoms with van der Waals surface area (Å²) in [7, 11) is 0. The minimum atomic E-state index is -0.811. The summed E-state index contributed by atoms with van der Waals surface area (Å²) in [4.78, 5) is 39.7. The molecule has 3 amide bonds. The lowest BCUT2D eigenvalue weighted by molar-refractivity contribution is -0.125. The van der Waals surface area contributed by atoms with Crippen LogP contribution < -0.4 is 10.6 Å². The number of piperidine rings is 1. The van der Waals surface area contributed by atoms with E-state index in [-0.39, 0.29) is 5.91 Å². The maximum atomic E-state index is 13.2. The molecule has 1 aliphatic carbocycles. The number of amides is 3. The lowest BCUT2D eigenvalue weighted by Gasteiger charge is -2.29. The first kappa shape index (κ1) is 20.5. The average molecular weight is 434 g/mol. The molecule has 1 saturated heterocycles. The largest absolute Gasteiger partial charge is 0.380 e. The number of carbonyl (C=O) groups excluding carboxylic acids is 3. The van der Waals surface area contributed by atoms with Gasteiger partial charge in [-0.2, -0.15) is 5.10 Å². The van der Waals surface area contributed by atoms with Crippen LogP contribution in [0.1, 0.15) is 77.3 Å². The third kappa shape index (κ3) is 3.59. The Labute approximate surface area is 186 Å². The number of anilines is 1. The molecule has 1 atom stereocenters. The molecule has 2 aliphatic heterocycles. The standard InChI is InChI=1S/C24H27N5O3/c1-15-10-11-20(22(30)27-15)29-23(31)18-8-5-9-19(21(18)24(29)32)25-12-16-13-26-28(14-16)17-6-3-2-4-7-17/h5,8-9,13-14,17,20,25H,1-4,6-7,10-12H2,(H,27,30). The van der Waals surface area contributed by atoms with Crippen molar-refractivity contribution in [3.8, 4) is 0 Å². The molecular formula is C24H27N5O3. The molecule has 0 spiro atoms. The number of rotatable bonds is 5. The Kier molecular flexibility index (Phi) is 5.28. The first-order valence-electron chi connectivity index (χ1n) is 11.3. The van der Waals surface area contributed by atoms with E-state index in [1.54, 1.807) is 18.2 Å². The van der Waals surface area contributed by atoms with Gasteiger partial charge in [-0.25, -0.2) is 0 Å². The van der Waals surface area contributed by atoms with E-state index in [0.717, 1.165) is 23.3 Å². The SMILES string of the molecule is C=C1CCC(N2C(=O)c3cccc(NCc4cnn(C5CCCCC5)c4)c3C2=O)C(=O)N1. The third-order valence-electron chi connectivity index (χ3n) is 6.67. The van der Waals surface area contributed by atoms with Crippen molar-refractivity contribution < 1.29 is 14.4 Å². The predicted octanol–water partition coefficient (Wildman–Crippen LogP) is 3.39. The first-order chi connectivity index (χ1) is 15.5. The Balaban J connectivity index is 1.33. The van der Waals surface area contributed by atoms with Crippen molar-refractivity contribution in [1.29, 1.82) is 0 Å². The van der Waals surface area contributed by atoms with E-state index in [1.807, 2.05) is 6.20 Å². The van der Waals surface area contributed by atoms with Crippen LogP contribution in [-0.2, 0) is 11.3 Å². The number of imide groups is 1. The quantitative estimate of drug-likeness (QED) is 0.705. The minimum Gasteiger partial charge on any atom is -0.380 e. The lowest BCUT2D eigenvalue weighted by atomic mass is 9.96. The normalized spacial score (nSPS) is 21.6. The van der Waals surface area contributed by atoms with Crippen LogP contribution in [0.2, 0.25) is 0 Å². The van der Waals surface area contributed by atoms with Crippen LogP contribution in [-0.4, -0.2) is 38.4 Å². The van der Waals surface area contributed by atoms with E-state index in [9.17, 15) is 14.4 Å². The lowest BCUT2D eigenvalue weighted by Crippen LogP contribution is -2.51. The second-order valence-electron chi connectivity index (χ2n) is 8.83. The Morgan fingerprint density at radius 1 is 1.09 bits per heavy atom. The number of carbonyl (C=O) groups is 3. The molecule has 1 unspecified atom stereocenters. The highest BCUT2D eigenvalue weighted by Gasteiger charge is 2.45. The van der Waals surface area contributed by atoms with Crippen LogP contribution in [0.4, 0.5) is 5.69 Å². The van der Waals surface area contributed by atoms with Crippen molar-refractivity contribution in [2.45, 2.75) is 63.6 Å². The number of benzene rings is 1. The number of fused-ring (bicyclic) bond motifs is 1. The Hall–Kier alpha value is -3.42. The summed E-state index contributed by atoms with van der Waals surface area (Å²) in [5, 5.41) is 10.5. The zero-order chi connectivity index (χ0) is 22.2. The van der Waals surface area contributed by atoms with Gasteiger partial charge in [0.1, 0.15) is 6.04 Å². The summed E-state index contributed by atoms with van der Waals surface area (Å²) in [5.74, 6) is -1.22. The van der Waals surface area contributed by atoms with Gasteiger partial charge in [0.2, 0.25) is 5.91 Å². The molecule has 8 heteroatoms. The van der Waals surface area contributed by atoms with Crippen LogP contribution >= 0.6 is 0 Å². The van der Waals surface area contributed by atoms with Gasteiger partial charge in [-0.1, -0.05) is 31.9 Å². The first-order valence-corrected chi connectivity index (χ1v) is 11.3. The Bertz CT molecular complexity index is 1100. The third-order valence-corrected chi connectivity index (χ3v) is 6.67. The smallest absolute Gasteiger partial charge is 0.264 e. The fourth-order valence-electron chi connectivity index (χ4n) is 4.95. The molecule has 0 bridgehead atoms. The number of hydrogen-bond donors (Lipinski definition) is 2. The van der Waals surface area contributed by atoms with E-state index < -0.39 is 17.9 Å². The van der Waals surface area contributed by atoms with Gasteiger partial charge in [-0.05, 0) is 37.8 Å². The van der Waals surface area contributed by atoms with Gasteiger partial charge < -0.3 is 10.6 Å². The number of aromatic nitrogens is 2. The monoisotopic (exact) mass is 433 g/mol. The molecule has 1 aromatic heterocycles. The zero-order valence-electron chi connectivity index (χ0n) is 18.0. The summed E-state index contributed by atoms with van der Waals surface area (Å²) >= 11 is 0. The van der Waals surface area contributed by atoms with Crippen molar-refractivity contribution in [2.24, 2.45) is 0 Å². The van der Waals surface area contributed by atoms with Crippen molar-refractivity contribution >= 4 is 23.4 Å². The predicted molar refractivity (Wildman–Crippen MR) is 119 cm³/mol. The van der Waals surface area contributed by atoms with Gasteiger partial charge in [0.05, 0.1) is 23.4 Å². The minimum absolute atomic E-state index is 0.328. The molecule has 0 radical (unpaired) electrons. The molecule has 5 rings (SSSR count).